The van der Waals surface area contributed by atoms with E-state index in [0.717, 1.165) is 45.0 Å². The van der Waals surface area contributed by atoms with Crippen molar-refractivity contribution in [2.24, 2.45) is 0 Å². The number of hydrogen-bond acceptors (Lipinski definition) is 2. The van der Waals surface area contributed by atoms with Crippen LogP contribution in [0.15, 0.2) is 48.5 Å². The maximum Gasteiger partial charge on any atom is 0.324 e. The summed E-state index contributed by atoms with van der Waals surface area (Å²) in [6, 6.07) is 17.2. The average Bonchev–Trinajstić information content (AvgIpc) is 3.22. The Morgan fingerprint density at radius 2 is 1.48 bits per heavy atom. The van der Waals surface area contributed by atoms with Crippen molar-refractivity contribution in [3.05, 3.63) is 65.2 Å². The second-order valence-electron chi connectivity index (χ2n) is 8.70. The van der Waals surface area contributed by atoms with Crippen LogP contribution in [0, 0.1) is 0 Å². The Hall–Kier alpha value is -2.33. The number of hydrogen-bond donors (Lipinski definition) is 0. The van der Waals surface area contributed by atoms with Gasteiger partial charge in [0.25, 0.3) is 0 Å². The molecule has 4 rings (SSSR count). The van der Waals surface area contributed by atoms with Crippen molar-refractivity contribution in [3.8, 4) is 0 Å². The van der Waals surface area contributed by atoms with E-state index < -0.39 is 0 Å². The number of rotatable bonds is 4. The number of amides is 2. The van der Waals surface area contributed by atoms with Crippen LogP contribution in [-0.2, 0) is 18.5 Å². The van der Waals surface area contributed by atoms with E-state index in [9.17, 15) is 4.79 Å². The normalized spacial score (nSPS) is 17.7. The highest BCUT2D eigenvalue weighted by molar-refractivity contribution is 5.94. The van der Waals surface area contributed by atoms with Crippen molar-refractivity contribution in [1.82, 2.24) is 9.80 Å². The third-order valence-electron chi connectivity index (χ3n) is 5.73. The van der Waals surface area contributed by atoms with E-state index in [1.165, 1.54) is 16.7 Å². The zero-order chi connectivity index (χ0) is 19.0. The standard InChI is InChI=1S/C23H29N3O/c1-23(2,3)20-8-10-21(11-9-20)26-15-14-25(22(26)27)13-12-24-16-18-6-4-5-7-19(18)17-24/h4-11H,12-17H2,1-3H3. The Morgan fingerprint density at radius 3 is 2.07 bits per heavy atom. The van der Waals surface area contributed by atoms with E-state index in [-0.39, 0.29) is 11.4 Å². The minimum atomic E-state index is 0.132. The van der Waals surface area contributed by atoms with E-state index in [0.29, 0.717) is 0 Å². The number of benzene rings is 2. The molecule has 0 aromatic heterocycles. The highest BCUT2D eigenvalue weighted by Gasteiger charge is 2.30. The van der Waals surface area contributed by atoms with Crippen LogP contribution in [0.1, 0.15) is 37.5 Å². The quantitative estimate of drug-likeness (QED) is 0.812. The molecule has 142 valence electrons. The van der Waals surface area contributed by atoms with E-state index in [4.69, 9.17) is 0 Å². The van der Waals surface area contributed by atoms with Crippen LogP contribution >= 0.6 is 0 Å². The maximum atomic E-state index is 12.8. The molecule has 2 aliphatic heterocycles. The number of anilines is 1. The molecule has 2 aromatic rings. The van der Waals surface area contributed by atoms with Gasteiger partial charge in [0.2, 0.25) is 0 Å². The van der Waals surface area contributed by atoms with Gasteiger partial charge in [0.15, 0.2) is 0 Å². The molecule has 0 radical (unpaired) electrons. The molecule has 27 heavy (non-hydrogen) atoms. The molecule has 0 bridgehead atoms. The Balaban J connectivity index is 1.34. The van der Waals surface area contributed by atoms with E-state index >= 15 is 0 Å². The molecule has 0 spiro atoms. The molecular weight excluding hydrogens is 334 g/mol. The monoisotopic (exact) mass is 363 g/mol. The molecule has 4 nitrogen and oxygen atoms in total. The lowest BCUT2D eigenvalue weighted by molar-refractivity contribution is 0.204. The third kappa shape index (κ3) is 3.72. The van der Waals surface area contributed by atoms with Crippen molar-refractivity contribution in [2.45, 2.75) is 39.3 Å². The summed E-state index contributed by atoms with van der Waals surface area (Å²) in [6.07, 6.45) is 0. The number of urea groups is 1. The molecule has 4 heteroatoms. The average molecular weight is 364 g/mol. The maximum absolute atomic E-state index is 12.8. The molecule has 0 N–H and O–H groups in total. The lowest BCUT2D eigenvalue weighted by Gasteiger charge is -2.23. The number of fused-ring (bicyclic) bond motifs is 1. The van der Waals surface area contributed by atoms with Gasteiger partial charge in [0.1, 0.15) is 0 Å². The zero-order valence-corrected chi connectivity index (χ0v) is 16.6. The fraction of sp³-hybridized carbons (Fsp3) is 0.435. The molecular formula is C23H29N3O. The molecule has 1 fully saturated rings. The Labute approximate surface area is 162 Å². The van der Waals surface area contributed by atoms with Gasteiger partial charge in [-0.3, -0.25) is 9.80 Å². The Bertz CT molecular complexity index is 797. The molecule has 0 atom stereocenters. The van der Waals surface area contributed by atoms with Gasteiger partial charge in [0, 0.05) is 45.0 Å². The molecule has 2 aromatic carbocycles. The molecule has 2 heterocycles. The first-order chi connectivity index (χ1) is 12.9. The first-order valence-electron chi connectivity index (χ1n) is 9.88. The van der Waals surface area contributed by atoms with Crippen LogP contribution < -0.4 is 4.90 Å². The highest BCUT2D eigenvalue weighted by Crippen LogP contribution is 2.27. The van der Waals surface area contributed by atoms with Crippen molar-refractivity contribution in [2.75, 3.05) is 31.1 Å². The first kappa shape index (κ1) is 18.1. The summed E-state index contributed by atoms with van der Waals surface area (Å²) in [6.45, 7) is 11.9. The summed E-state index contributed by atoms with van der Waals surface area (Å²) in [7, 11) is 0. The van der Waals surface area contributed by atoms with Gasteiger partial charge in [-0.1, -0.05) is 57.2 Å². The second-order valence-corrected chi connectivity index (χ2v) is 8.70. The minimum Gasteiger partial charge on any atom is -0.321 e. The van der Waals surface area contributed by atoms with Crippen LogP contribution in [-0.4, -0.2) is 42.0 Å². The van der Waals surface area contributed by atoms with Crippen LogP contribution in [0.5, 0.6) is 0 Å². The fourth-order valence-electron chi connectivity index (χ4n) is 4.00. The van der Waals surface area contributed by atoms with E-state index in [1.807, 2.05) is 9.80 Å². The van der Waals surface area contributed by atoms with Crippen LogP contribution in [0.2, 0.25) is 0 Å². The summed E-state index contributed by atoms with van der Waals surface area (Å²) in [4.78, 5) is 19.2. The van der Waals surface area contributed by atoms with Gasteiger partial charge in [-0.05, 0) is 34.2 Å². The lowest BCUT2D eigenvalue weighted by Crippen LogP contribution is -2.36. The fourth-order valence-corrected chi connectivity index (χ4v) is 4.00. The first-order valence-corrected chi connectivity index (χ1v) is 9.88. The molecule has 0 aliphatic carbocycles. The number of carbonyl (C=O) groups excluding carboxylic acids is 1. The van der Waals surface area contributed by atoms with Crippen LogP contribution in [0.3, 0.4) is 0 Å². The van der Waals surface area contributed by atoms with Crippen LogP contribution in [0.25, 0.3) is 0 Å². The van der Waals surface area contributed by atoms with Crippen molar-refractivity contribution < 1.29 is 4.79 Å². The molecule has 2 aliphatic rings. The zero-order valence-electron chi connectivity index (χ0n) is 16.6. The van der Waals surface area contributed by atoms with Gasteiger partial charge in [0.05, 0.1) is 0 Å². The van der Waals surface area contributed by atoms with Gasteiger partial charge in [-0.15, -0.1) is 0 Å². The van der Waals surface area contributed by atoms with Crippen molar-refractivity contribution in [3.63, 3.8) is 0 Å². The lowest BCUT2D eigenvalue weighted by atomic mass is 9.87. The Kier molecular flexibility index (Phi) is 4.68. The van der Waals surface area contributed by atoms with Gasteiger partial charge >= 0.3 is 6.03 Å². The smallest absolute Gasteiger partial charge is 0.321 e. The predicted octanol–water partition coefficient (Wildman–Crippen LogP) is 4.24. The number of carbonyl (C=O) groups is 1. The van der Waals surface area contributed by atoms with Crippen LogP contribution in [0.4, 0.5) is 10.5 Å². The van der Waals surface area contributed by atoms with Crippen molar-refractivity contribution >= 4 is 11.7 Å². The minimum absolute atomic E-state index is 0.132. The predicted molar refractivity (Wildman–Crippen MR) is 110 cm³/mol. The van der Waals surface area contributed by atoms with E-state index in [1.54, 1.807) is 0 Å². The largest absolute Gasteiger partial charge is 0.324 e. The number of nitrogens with zero attached hydrogens (tertiary/aromatic N) is 3. The third-order valence-corrected chi connectivity index (χ3v) is 5.73. The molecule has 2 amide bonds. The summed E-state index contributed by atoms with van der Waals surface area (Å²) in [5.41, 5.74) is 5.27. The van der Waals surface area contributed by atoms with Crippen molar-refractivity contribution in [1.29, 1.82) is 0 Å². The summed E-state index contributed by atoms with van der Waals surface area (Å²) in [5.74, 6) is 0. The van der Waals surface area contributed by atoms with E-state index in [2.05, 4.69) is 74.2 Å². The molecule has 0 unspecified atom stereocenters. The molecule has 1 saturated heterocycles. The Morgan fingerprint density at radius 1 is 0.852 bits per heavy atom. The summed E-state index contributed by atoms with van der Waals surface area (Å²) >= 11 is 0. The van der Waals surface area contributed by atoms with Gasteiger partial charge < -0.3 is 4.90 Å². The van der Waals surface area contributed by atoms with Gasteiger partial charge in [-0.25, -0.2) is 4.79 Å². The van der Waals surface area contributed by atoms with Gasteiger partial charge in [-0.2, -0.15) is 0 Å². The summed E-state index contributed by atoms with van der Waals surface area (Å²) < 4.78 is 0. The molecule has 0 saturated carbocycles. The topological polar surface area (TPSA) is 26.8 Å². The summed E-state index contributed by atoms with van der Waals surface area (Å²) in [5, 5.41) is 0. The second kappa shape index (κ2) is 7.01. The SMILES string of the molecule is CC(C)(C)c1ccc(N2CCN(CCN3Cc4ccccc4C3)C2=O)cc1. The highest BCUT2D eigenvalue weighted by atomic mass is 16.2.